The molecule has 0 radical (unpaired) electrons. The molecule has 0 bridgehead atoms. The Hall–Kier alpha value is -0.751. The predicted molar refractivity (Wildman–Crippen MR) is 47.6 cm³/mol. The molecule has 2 unspecified atom stereocenters. The van der Waals surface area contributed by atoms with E-state index in [2.05, 4.69) is 0 Å². The van der Waals surface area contributed by atoms with Crippen LogP contribution < -0.4 is 10.2 Å². The van der Waals surface area contributed by atoms with Gasteiger partial charge in [0, 0.05) is 0 Å². The number of aliphatic hydroxyl groups is 2. The molecule has 0 aromatic carbocycles. The maximum Gasteiger partial charge on any atom is 2.00 e. The molecule has 0 aromatic rings. The molecule has 4 N–H and O–H groups in total. The topological polar surface area (TPSA) is 195 Å². The van der Waals surface area contributed by atoms with Crippen molar-refractivity contribution in [1.29, 1.82) is 0 Å². The van der Waals surface area contributed by atoms with E-state index in [-0.39, 0.29) is 17.1 Å². The summed E-state index contributed by atoms with van der Waals surface area (Å²) < 4.78 is 31.6. The second kappa shape index (κ2) is 12.7. The van der Waals surface area contributed by atoms with Crippen LogP contribution in [0.25, 0.3) is 0 Å². The van der Waals surface area contributed by atoms with Crippen molar-refractivity contribution in [2.24, 2.45) is 0 Å². The van der Waals surface area contributed by atoms with Crippen LogP contribution in [0.5, 0.6) is 0 Å². The number of aliphatic carboxylic acids is 2. The van der Waals surface area contributed by atoms with Gasteiger partial charge in [-0.3, -0.25) is 9.11 Å². The predicted octanol–water partition coefficient (Wildman–Crippen LogP) is -4.42. The van der Waals surface area contributed by atoms with E-state index in [1.54, 1.807) is 0 Å². The molecule has 18 heavy (non-hydrogen) atoms. The standard InChI is InChI=1S/2C3H6O3.Fe.H2O4S/c2*1-2(4)3(5)6;;1-5(2,3)4/h2*2,4H,1H3,(H,5,6);;(H2,1,2,3,4)/q;;+2;/p-2. The summed E-state index contributed by atoms with van der Waals surface area (Å²) in [6.45, 7) is 2.27. The Balaban J connectivity index is -0.0000000799. The van der Waals surface area contributed by atoms with Crippen LogP contribution in [0.4, 0.5) is 0 Å². The Morgan fingerprint density at radius 3 is 1.00 bits per heavy atom. The minimum Gasteiger partial charge on any atom is -0.547 e. The fourth-order valence-corrected chi connectivity index (χ4v) is 0. The summed E-state index contributed by atoms with van der Waals surface area (Å²) in [6.07, 6.45) is -2.69. The molecule has 0 fully saturated rings. The number of carboxylic acids is 2. The molecule has 0 saturated heterocycles. The van der Waals surface area contributed by atoms with Gasteiger partial charge in [-0.1, -0.05) is 0 Å². The molecule has 2 atom stereocenters. The summed E-state index contributed by atoms with van der Waals surface area (Å²) in [5.41, 5.74) is 0. The van der Waals surface area contributed by atoms with Crippen molar-refractivity contribution in [2.45, 2.75) is 26.1 Å². The number of carbonyl (C=O) groups excluding carboxylic acids is 2. The fourth-order valence-electron chi connectivity index (χ4n) is 0. The monoisotopic (exact) mass is 332 g/mol. The fraction of sp³-hybridized carbons (Fsp3) is 0.667. The first-order valence-corrected chi connectivity index (χ1v) is 5.16. The third kappa shape index (κ3) is 58.9. The Bertz CT molecular complexity index is 295. The van der Waals surface area contributed by atoms with E-state index in [0.29, 0.717) is 0 Å². The first kappa shape index (κ1) is 25.9. The summed E-state index contributed by atoms with van der Waals surface area (Å²) in [5, 5.41) is 34.6. The van der Waals surface area contributed by atoms with Gasteiger partial charge in [-0.25, -0.2) is 0 Å². The van der Waals surface area contributed by atoms with E-state index >= 15 is 0 Å². The van der Waals surface area contributed by atoms with E-state index in [9.17, 15) is 19.8 Å². The van der Waals surface area contributed by atoms with Gasteiger partial charge in [0.05, 0.1) is 24.1 Å². The van der Waals surface area contributed by atoms with Gasteiger partial charge in [-0.2, -0.15) is 8.42 Å². The van der Waals surface area contributed by atoms with Crippen LogP contribution in [0.3, 0.4) is 0 Å². The molecule has 0 spiro atoms. The Kier molecular flexibility index (Phi) is 18.3. The van der Waals surface area contributed by atoms with Crippen LogP contribution in [0.2, 0.25) is 0 Å². The van der Waals surface area contributed by atoms with Gasteiger partial charge in [0.1, 0.15) is 0 Å². The van der Waals surface area contributed by atoms with Crippen LogP contribution in [-0.4, -0.2) is 51.9 Å². The third-order valence-electron chi connectivity index (χ3n) is 0.682. The van der Waals surface area contributed by atoms with Crippen molar-refractivity contribution in [3.8, 4) is 0 Å². The van der Waals surface area contributed by atoms with Crippen molar-refractivity contribution in [1.82, 2.24) is 0 Å². The Labute approximate surface area is 113 Å². The molecule has 0 aromatic heterocycles. The molecule has 0 aliphatic carbocycles. The summed E-state index contributed by atoms with van der Waals surface area (Å²) in [4.78, 5) is 18.7. The Morgan fingerprint density at radius 2 is 1.00 bits per heavy atom. The van der Waals surface area contributed by atoms with Crippen molar-refractivity contribution in [3.05, 3.63) is 0 Å². The second-order valence-electron chi connectivity index (χ2n) is 2.44. The third-order valence-corrected chi connectivity index (χ3v) is 0.682. The first-order valence-electron chi connectivity index (χ1n) is 3.76. The maximum atomic E-state index is 9.34. The van der Waals surface area contributed by atoms with E-state index in [1.807, 2.05) is 0 Å². The minimum absolute atomic E-state index is 0. The van der Waals surface area contributed by atoms with Gasteiger partial charge in [-0.05, 0) is 13.8 Å². The van der Waals surface area contributed by atoms with Gasteiger partial charge in [0.25, 0.3) is 0 Å². The van der Waals surface area contributed by atoms with Gasteiger partial charge >= 0.3 is 27.5 Å². The van der Waals surface area contributed by atoms with E-state index in [0.717, 1.165) is 13.8 Å². The molecule has 0 aliphatic heterocycles. The molecular weight excluding hydrogens is 320 g/mol. The summed E-state index contributed by atoms with van der Waals surface area (Å²) in [7, 11) is -4.67. The molecule has 10 nitrogen and oxygen atoms in total. The van der Waals surface area contributed by atoms with Gasteiger partial charge in [0.2, 0.25) is 0 Å². The molecule has 0 rings (SSSR count). The van der Waals surface area contributed by atoms with E-state index < -0.39 is 34.5 Å². The van der Waals surface area contributed by atoms with Crippen LogP contribution in [0.1, 0.15) is 13.8 Å². The molecule has 0 heterocycles. The Morgan fingerprint density at radius 1 is 0.944 bits per heavy atom. The van der Waals surface area contributed by atoms with Gasteiger partial charge in [-0.15, -0.1) is 0 Å². The molecule has 0 amide bonds. The zero-order chi connectivity index (χ0) is 14.8. The van der Waals surface area contributed by atoms with Crippen LogP contribution in [-0.2, 0) is 37.1 Å². The molecule has 110 valence electrons. The smallest absolute Gasteiger partial charge is 0.547 e. The molecule has 12 heteroatoms. The second-order valence-corrected chi connectivity index (χ2v) is 3.33. The average Bonchev–Trinajstić information content (AvgIpc) is 2.01. The largest absolute Gasteiger partial charge is 2.00 e. The summed E-state index contributed by atoms with van der Waals surface area (Å²) >= 11 is 0. The number of carbonyl (C=O) groups is 2. The van der Waals surface area contributed by atoms with Crippen LogP contribution in [0.15, 0.2) is 0 Å². The van der Waals surface area contributed by atoms with Crippen LogP contribution >= 0.6 is 0 Å². The number of aliphatic hydroxyl groups excluding tert-OH is 2. The van der Waals surface area contributed by atoms with E-state index in [1.165, 1.54) is 0 Å². The molecule has 0 saturated carbocycles. The number of rotatable bonds is 2. The van der Waals surface area contributed by atoms with Crippen molar-refractivity contribution < 1.29 is 64.6 Å². The number of hydrogen-bond acceptors (Lipinski definition) is 8. The number of carboxylic acid groups (broad SMARTS) is 2. The first-order chi connectivity index (χ1) is 7.29. The van der Waals surface area contributed by atoms with Crippen LogP contribution in [0, 0.1) is 0 Å². The number of hydrogen-bond donors (Lipinski definition) is 4. The molecule has 0 aliphatic rings. The van der Waals surface area contributed by atoms with E-state index in [4.69, 9.17) is 27.7 Å². The average molecular weight is 332 g/mol. The normalized spacial score (nSPS) is 12.3. The summed E-state index contributed by atoms with van der Waals surface area (Å²) in [6, 6.07) is 0. The zero-order valence-electron chi connectivity index (χ0n) is 9.15. The van der Waals surface area contributed by atoms with Crippen molar-refractivity contribution >= 4 is 22.3 Å². The van der Waals surface area contributed by atoms with Crippen molar-refractivity contribution in [3.63, 3.8) is 0 Å². The summed E-state index contributed by atoms with van der Waals surface area (Å²) in [5.74, 6) is -2.87. The molecular formula is C6H12FeO10S. The maximum absolute atomic E-state index is 9.34. The SMILES string of the molecule is CC(O)C(=O)[O-].CC(O)C(=O)[O-].O=S(=O)(O)O.[Fe+2]. The van der Waals surface area contributed by atoms with Crippen molar-refractivity contribution in [2.75, 3.05) is 0 Å². The zero-order valence-corrected chi connectivity index (χ0v) is 11.1. The minimum atomic E-state index is -4.67. The van der Waals surface area contributed by atoms with Gasteiger partial charge < -0.3 is 30.0 Å². The van der Waals surface area contributed by atoms with Gasteiger partial charge in [0.15, 0.2) is 0 Å². The quantitative estimate of drug-likeness (QED) is 0.283.